The van der Waals surface area contributed by atoms with Crippen molar-refractivity contribution >= 4 is 98.4 Å². The zero-order valence-corrected chi connectivity index (χ0v) is 41.6. The van der Waals surface area contributed by atoms with Crippen LogP contribution in [0.5, 0.6) is 0 Å². The van der Waals surface area contributed by atoms with E-state index in [1.54, 1.807) is 13.8 Å². The van der Waals surface area contributed by atoms with E-state index in [2.05, 4.69) is 47.2 Å². The molecule has 2 heterocycles. The molecule has 0 unspecified atom stereocenters. The lowest BCUT2D eigenvalue weighted by Gasteiger charge is -2.32. The molecule has 17 N–H and O–H groups in total. The Morgan fingerprint density at radius 3 is 1.90 bits per heavy atom. The maximum Gasteiger partial charge on any atom is 0.245 e. The van der Waals surface area contributed by atoms with Gasteiger partial charge in [-0.3, -0.25) is 53.1 Å². The first kappa shape index (κ1) is 57.9. The van der Waals surface area contributed by atoms with Crippen molar-refractivity contribution in [2.24, 2.45) is 44.6 Å². The quantitative estimate of drug-likeness (QED) is 0.0329. The van der Waals surface area contributed by atoms with E-state index < -0.39 is 107 Å². The molecule has 0 saturated carbocycles. The van der Waals surface area contributed by atoms with Crippen molar-refractivity contribution < 1.29 is 43.2 Å². The largest absolute Gasteiger partial charge is 0.370 e. The lowest BCUT2D eigenvalue weighted by molar-refractivity contribution is -0.142. The molecular weight excluding hydrogens is 931 g/mol. The zero-order valence-electron chi connectivity index (χ0n) is 39.1. The summed E-state index contributed by atoms with van der Waals surface area (Å²) in [6.45, 7) is 7.87. The number of carbonyl (C=O) groups is 9. The molecule has 2 aliphatic heterocycles. The van der Waals surface area contributed by atoms with Gasteiger partial charge in [0.25, 0.3) is 0 Å². The molecule has 378 valence electrons. The summed E-state index contributed by atoms with van der Waals surface area (Å²) in [5.74, 6) is -6.44. The molecule has 7 atom stereocenters. The maximum absolute atomic E-state index is 14.3. The Labute approximate surface area is 403 Å². The van der Waals surface area contributed by atoms with Crippen molar-refractivity contribution in [3.05, 3.63) is 0 Å². The number of nitrogens with zero attached hydrogens (tertiary/aromatic N) is 3. The molecule has 0 aromatic heterocycles. The van der Waals surface area contributed by atoms with E-state index in [-0.39, 0.29) is 88.2 Å². The second-order valence-electron chi connectivity index (χ2n) is 17.1. The van der Waals surface area contributed by atoms with E-state index in [1.807, 2.05) is 20.1 Å². The van der Waals surface area contributed by atoms with E-state index in [1.165, 1.54) is 23.6 Å². The summed E-state index contributed by atoms with van der Waals surface area (Å²) in [5, 5.41) is 18.6. The predicted molar refractivity (Wildman–Crippen MR) is 261 cm³/mol. The van der Waals surface area contributed by atoms with E-state index in [0.29, 0.717) is 12.2 Å². The van der Waals surface area contributed by atoms with Crippen LogP contribution in [0.3, 0.4) is 0 Å². The van der Waals surface area contributed by atoms with Gasteiger partial charge in [0.1, 0.15) is 42.3 Å². The van der Waals surface area contributed by atoms with Crippen LogP contribution in [0, 0.1) is 5.92 Å². The number of guanidine groups is 2. The van der Waals surface area contributed by atoms with Crippen LogP contribution in [-0.2, 0) is 43.2 Å². The summed E-state index contributed by atoms with van der Waals surface area (Å²) < 4.78 is -1.12. The van der Waals surface area contributed by atoms with Gasteiger partial charge in [0.05, 0.1) is 6.54 Å². The first-order valence-electron chi connectivity index (χ1n) is 22.0. The highest BCUT2D eigenvalue weighted by Gasteiger charge is 2.41. The summed E-state index contributed by atoms with van der Waals surface area (Å²) >= 11 is 1.44. The lowest BCUT2D eigenvalue weighted by atomic mass is 10.0. The fourth-order valence-electron chi connectivity index (χ4n) is 7.15. The molecule has 0 aromatic rings. The summed E-state index contributed by atoms with van der Waals surface area (Å²) in [6.07, 6.45) is 3.27. The second kappa shape index (κ2) is 28.9. The Balaban J connectivity index is 2.68. The van der Waals surface area contributed by atoms with Crippen molar-refractivity contribution in [1.29, 1.82) is 0 Å². The van der Waals surface area contributed by atoms with Gasteiger partial charge in [-0.2, -0.15) is 11.8 Å². The number of rotatable bonds is 15. The van der Waals surface area contributed by atoms with Crippen LogP contribution in [0.1, 0.15) is 86.0 Å². The van der Waals surface area contributed by atoms with Gasteiger partial charge in [-0.05, 0) is 83.1 Å². The third-order valence-electron chi connectivity index (χ3n) is 10.5. The van der Waals surface area contributed by atoms with Crippen molar-refractivity contribution in [2.45, 2.75) is 133 Å². The minimum Gasteiger partial charge on any atom is -0.370 e. The van der Waals surface area contributed by atoms with Gasteiger partial charge >= 0.3 is 0 Å². The zero-order chi connectivity index (χ0) is 50.4. The highest BCUT2D eigenvalue weighted by atomic mass is 33.1. The first-order valence-corrected chi connectivity index (χ1v) is 25.7. The van der Waals surface area contributed by atoms with Crippen molar-refractivity contribution in [3.8, 4) is 0 Å². The Morgan fingerprint density at radius 2 is 1.34 bits per heavy atom. The van der Waals surface area contributed by atoms with Gasteiger partial charge in [0.15, 0.2) is 11.9 Å². The number of fused-ring (bicyclic) bond motifs is 1. The number of hydrogen-bond donors (Lipinski definition) is 12. The molecule has 0 aliphatic carbocycles. The van der Waals surface area contributed by atoms with Crippen LogP contribution in [-0.4, -0.2) is 161 Å². The average Bonchev–Trinajstić information content (AvgIpc) is 3.74. The second-order valence-corrected chi connectivity index (χ2v) is 21.1. The standard InChI is InChI=1S/C40H71N15O9S3/c1-21(2)18-26-34(61)50-23(10-7-14-46-38(42)43)32(59)48-19-29(57)54-30(31(41)58)40(4,5)67-66-20-27(49-22(3)56)35(62)52-25(13-17-65-6)37(64)55-16-9-12-28(55)36(63)51-24(33(60)53-26)11-8-15-47-39(44)45/h21,23-28,30H,7-20H2,1-6H3,(H2,41,58)(H,48,59)(H,49,56)(H,50,61)(H,51,63)(H,52,62)(H,53,60)(H,54,57)(H4,42,43,46)(H4,44,45,47)/t23-,24-,25-,26-,27+,28-,30+/m0/s1. The molecule has 2 fully saturated rings. The summed E-state index contributed by atoms with van der Waals surface area (Å²) in [7, 11) is 2.20. The number of hydrogen-bond acceptors (Lipinski definition) is 14. The van der Waals surface area contributed by atoms with Crippen LogP contribution in [0.25, 0.3) is 0 Å². The molecule has 0 radical (unpaired) electrons. The molecule has 0 bridgehead atoms. The minimum absolute atomic E-state index is 0.00114. The Kier molecular flexibility index (Phi) is 25.0. The van der Waals surface area contributed by atoms with E-state index in [9.17, 15) is 43.2 Å². The third-order valence-corrected chi connectivity index (χ3v) is 14.4. The molecule has 2 rings (SSSR count). The summed E-state index contributed by atoms with van der Waals surface area (Å²) in [5.41, 5.74) is 27.7. The predicted octanol–water partition coefficient (Wildman–Crippen LogP) is -3.41. The molecule has 2 aliphatic rings. The number of carbonyl (C=O) groups excluding carboxylic acids is 9. The molecule has 27 heteroatoms. The number of nitrogens with one attached hydrogen (secondary N) is 7. The van der Waals surface area contributed by atoms with Crippen LogP contribution >= 0.6 is 33.3 Å². The SMILES string of the molecule is CSCC[C@@H]1NC(=O)[C@H](NC(C)=O)CSSC(C)(C)[C@@H](C(N)=O)NC(=O)CNC(=O)[C@H](CCCN=C(N)N)NC(=O)[C@H](CC(C)C)NC(=O)[C@H](CCCN=C(N)N)NC(=O)[C@@H]2CCCN2C1=O. The highest BCUT2D eigenvalue weighted by Crippen LogP contribution is 2.38. The van der Waals surface area contributed by atoms with Gasteiger partial charge < -0.3 is 70.8 Å². The van der Waals surface area contributed by atoms with Gasteiger partial charge in [0.2, 0.25) is 53.2 Å². The number of amides is 9. The van der Waals surface area contributed by atoms with Crippen LogP contribution < -0.4 is 65.9 Å². The molecule has 2 saturated heterocycles. The Hall–Kier alpha value is -5.18. The molecule has 24 nitrogen and oxygen atoms in total. The average molecular weight is 1000 g/mol. The maximum atomic E-state index is 14.3. The Morgan fingerprint density at radius 1 is 0.791 bits per heavy atom. The molecule has 0 spiro atoms. The van der Waals surface area contributed by atoms with Crippen LogP contribution in [0.15, 0.2) is 9.98 Å². The van der Waals surface area contributed by atoms with Crippen LogP contribution in [0.4, 0.5) is 0 Å². The van der Waals surface area contributed by atoms with E-state index in [4.69, 9.17) is 28.7 Å². The summed E-state index contributed by atoms with van der Waals surface area (Å²) in [6, 6.07) is -8.31. The lowest BCUT2D eigenvalue weighted by Crippen LogP contribution is -2.60. The molecule has 67 heavy (non-hydrogen) atoms. The fourth-order valence-corrected chi connectivity index (χ4v) is 10.4. The molecule has 0 aromatic carbocycles. The van der Waals surface area contributed by atoms with Crippen molar-refractivity contribution in [3.63, 3.8) is 0 Å². The van der Waals surface area contributed by atoms with Crippen LogP contribution in [0.2, 0.25) is 0 Å². The molecule has 9 amide bonds. The smallest absolute Gasteiger partial charge is 0.245 e. The third kappa shape index (κ3) is 20.7. The number of nitrogens with two attached hydrogens (primary N) is 5. The van der Waals surface area contributed by atoms with Gasteiger partial charge in [-0.25, -0.2) is 0 Å². The summed E-state index contributed by atoms with van der Waals surface area (Å²) in [4.78, 5) is 132. The van der Waals surface area contributed by atoms with Gasteiger partial charge in [-0.1, -0.05) is 35.4 Å². The van der Waals surface area contributed by atoms with Crippen molar-refractivity contribution in [2.75, 3.05) is 43.9 Å². The fraction of sp³-hybridized carbons (Fsp3) is 0.725. The Bertz CT molecular complexity index is 1810. The van der Waals surface area contributed by atoms with E-state index >= 15 is 0 Å². The first-order chi connectivity index (χ1) is 31.5. The number of primary amides is 1. The highest BCUT2D eigenvalue weighted by molar-refractivity contribution is 8.77. The van der Waals surface area contributed by atoms with Gasteiger partial charge in [0, 0.05) is 37.1 Å². The normalized spacial score (nSPS) is 25.3. The van der Waals surface area contributed by atoms with Crippen molar-refractivity contribution in [1.82, 2.24) is 42.1 Å². The monoisotopic (exact) mass is 1000 g/mol. The topological polar surface area (TPSA) is 396 Å². The van der Waals surface area contributed by atoms with E-state index in [0.717, 1.165) is 21.6 Å². The molecular formula is C40H71N15O9S3. The number of thioether (sulfide) groups is 1. The van der Waals surface area contributed by atoms with Gasteiger partial charge in [-0.15, -0.1) is 0 Å². The number of aliphatic imine (C=N–C) groups is 2. The minimum atomic E-state index is -1.30.